The number of benzene rings is 1. The van der Waals surface area contributed by atoms with E-state index in [4.69, 9.17) is 10.5 Å². The fraction of sp³-hybridized carbons (Fsp3) is 0.154. The third-order valence-electron chi connectivity index (χ3n) is 2.56. The van der Waals surface area contributed by atoms with E-state index in [0.29, 0.717) is 11.6 Å². The van der Waals surface area contributed by atoms with E-state index in [2.05, 4.69) is 4.98 Å². The highest BCUT2D eigenvalue weighted by Gasteiger charge is 2.08. The van der Waals surface area contributed by atoms with Gasteiger partial charge in [0.1, 0.15) is 5.82 Å². The van der Waals surface area contributed by atoms with Gasteiger partial charge in [0, 0.05) is 12.7 Å². The van der Waals surface area contributed by atoms with Crippen LogP contribution in [0.4, 0.5) is 17.2 Å². The van der Waals surface area contributed by atoms with Gasteiger partial charge in [-0.15, -0.1) is 0 Å². The van der Waals surface area contributed by atoms with Crippen molar-refractivity contribution in [2.75, 3.05) is 24.8 Å². The van der Waals surface area contributed by atoms with Crippen LogP contribution in [0.25, 0.3) is 0 Å². The molecule has 0 aliphatic rings. The van der Waals surface area contributed by atoms with Crippen molar-refractivity contribution >= 4 is 17.2 Å². The van der Waals surface area contributed by atoms with Gasteiger partial charge in [-0.1, -0.05) is 18.2 Å². The summed E-state index contributed by atoms with van der Waals surface area (Å²) >= 11 is 0. The Morgan fingerprint density at radius 2 is 1.82 bits per heavy atom. The Hall–Kier alpha value is -2.23. The molecule has 0 aliphatic heterocycles. The third-order valence-corrected chi connectivity index (χ3v) is 2.56. The van der Waals surface area contributed by atoms with E-state index in [0.717, 1.165) is 11.5 Å². The first-order valence-electron chi connectivity index (χ1n) is 5.31. The summed E-state index contributed by atoms with van der Waals surface area (Å²) in [6, 6.07) is 13.6. The van der Waals surface area contributed by atoms with Crippen LogP contribution in [0.2, 0.25) is 0 Å². The maximum Gasteiger partial charge on any atom is 0.238 e. The third kappa shape index (κ3) is 2.30. The largest absolute Gasteiger partial charge is 0.479 e. The van der Waals surface area contributed by atoms with E-state index < -0.39 is 0 Å². The number of pyridine rings is 1. The lowest BCUT2D eigenvalue weighted by atomic mass is 10.3. The van der Waals surface area contributed by atoms with Crippen molar-refractivity contribution < 1.29 is 4.74 Å². The second-order valence-electron chi connectivity index (χ2n) is 3.66. The molecule has 1 heterocycles. The average molecular weight is 229 g/mol. The average Bonchev–Trinajstić information content (AvgIpc) is 2.39. The van der Waals surface area contributed by atoms with Crippen LogP contribution in [0.3, 0.4) is 0 Å². The molecule has 1 aromatic heterocycles. The highest BCUT2D eigenvalue weighted by atomic mass is 16.5. The number of para-hydroxylation sites is 1. The quantitative estimate of drug-likeness (QED) is 0.878. The monoisotopic (exact) mass is 229 g/mol. The van der Waals surface area contributed by atoms with Crippen molar-refractivity contribution in [1.82, 2.24) is 4.98 Å². The summed E-state index contributed by atoms with van der Waals surface area (Å²) in [5, 5.41) is 0. The molecular weight excluding hydrogens is 214 g/mol. The minimum absolute atomic E-state index is 0.449. The first-order valence-corrected chi connectivity index (χ1v) is 5.31. The fourth-order valence-corrected chi connectivity index (χ4v) is 1.58. The van der Waals surface area contributed by atoms with Gasteiger partial charge in [0.05, 0.1) is 12.8 Å². The first-order chi connectivity index (χ1) is 8.22. The highest BCUT2D eigenvalue weighted by Crippen LogP contribution is 2.26. The summed E-state index contributed by atoms with van der Waals surface area (Å²) in [6.07, 6.45) is 0. The van der Waals surface area contributed by atoms with Gasteiger partial charge in [0.2, 0.25) is 5.88 Å². The summed E-state index contributed by atoms with van der Waals surface area (Å²) in [7, 11) is 3.51. The summed E-state index contributed by atoms with van der Waals surface area (Å²) in [5.41, 5.74) is 7.33. The number of nitrogens with two attached hydrogens (primary N) is 1. The van der Waals surface area contributed by atoms with Gasteiger partial charge in [-0.25, -0.2) is 0 Å². The number of hydrogen-bond acceptors (Lipinski definition) is 4. The smallest absolute Gasteiger partial charge is 0.238 e. The molecule has 2 N–H and O–H groups in total. The molecule has 0 radical (unpaired) electrons. The van der Waals surface area contributed by atoms with Gasteiger partial charge in [0.25, 0.3) is 0 Å². The number of hydrogen-bond donors (Lipinski definition) is 1. The molecule has 1 aromatic carbocycles. The molecule has 0 atom stereocenters. The number of methoxy groups -OCH3 is 1. The first kappa shape index (κ1) is 11.3. The summed E-state index contributed by atoms with van der Waals surface area (Å²) in [4.78, 5) is 6.32. The number of rotatable bonds is 3. The van der Waals surface area contributed by atoms with Crippen LogP contribution < -0.4 is 15.4 Å². The van der Waals surface area contributed by atoms with Gasteiger partial charge in [-0.05, 0) is 24.3 Å². The van der Waals surface area contributed by atoms with E-state index in [1.165, 1.54) is 0 Å². The standard InChI is InChI=1S/C13H15N3O/c1-16(10-6-4-3-5-7-10)12-9-8-11(14)13(15-12)17-2/h3-9H,14H2,1-2H3. The van der Waals surface area contributed by atoms with Gasteiger partial charge in [-0.2, -0.15) is 4.98 Å². The van der Waals surface area contributed by atoms with Gasteiger partial charge < -0.3 is 15.4 Å². The van der Waals surface area contributed by atoms with Crippen molar-refractivity contribution in [2.24, 2.45) is 0 Å². The number of nitrogens with zero attached hydrogens (tertiary/aromatic N) is 2. The van der Waals surface area contributed by atoms with E-state index in [9.17, 15) is 0 Å². The van der Waals surface area contributed by atoms with E-state index in [1.54, 1.807) is 13.2 Å². The molecule has 0 unspecified atom stereocenters. The van der Waals surface area contributed by atoms with Crippen LogP contribution in [0.5, 0.6) is 5.88 Å². The van der Waals surface area contributed by atoms with Crippen LogP contribution in [0.1, 0.15) is 0 Å². The fourth-order valence-electron chi connectivity index (χ4n) is 1.58. The van der Waals surface area contributed by atoms with Crippen LogP contribution in [-0.2, 0) is 0 Å². The molecular formula is C13H15N3O. The molecule has 0 saturated heterocycles. The number of ether oxygens (including phenoxy) is 1. The van der Waals surface area contributed by atoms with Gasteiger partial charge >= 0.3 is 0 Å². The van der Waals surface area contributed by atoms with E-state index in [-0.39, 0.29) is 0 Å². The van der Waals surface area contributed by atoms with Crippen LogP contribution in [0, 0.1) is 0 Å². The van der Waals surface area contributed by atoms with Crippen molar-refractivity contribution in [2.45, 2.75) is 0 Å². The molecule has 0 saturated carbocycles. The molecule has 17 heavy (non-hydrogen) atoms. The second kappa shape index (κ2) is 4.74. The summed E-state index contributed by atoms with van der Waals surface area (Å²) in [6.45, 7) is 0. The zero-order valence-corrected chi connectivity index (χ0v) is 9.92. The Bertz CT molecular complexity index is 499. The zero-order valence-electron chi connectivity index (χ0n) is 9.92. The van der Waals surface area contributed by atoms with Crippen molar-refractivity contribution in [3.63, 3.8) is 0 Å². The molecule has 0 aliphatic carbocycles. The topological polar surface area (TPSA) is 51.4 Å². The minimum atomic E-state index is 0.449. The molecule has 2 rings (SSSR count). The Kier molecular flexibility index (Phi) is 3.14. The molecule has 4 nitrogen and oxygen atoms in total. The lowest BCUT2D eigenvalue weighted by Gasteiger charge is -2.19. The van der Waals surface area contributed by atoms with Gasteiger partial charge in [0.15, 0.2) is 0 Å². The van der Waals surface area contributed by atoms with Crippen LogP contribution >= 0.6 is 0 Å². The molecule has 0 spiro atoms. The maximum absolute atomic E-state index is 5.73. The number of anilines is 3. The maximum atomic E-state index is 5.73. The molecule has 88 valence electrons. The summed E-state index contributed by atoms with van der Waals surface area (Å²) in [5.74, 6) is 1.24. The van der Waals surface area contributed by atoms with Crippen molar-refractivity contribution in [3.05, 3.63) is 42.5 Å². The molecule has 2 aromatic rings. The SMILES string of the molecule is COc1nc(N(C)c2ccccc2)ccc1N. The predicted octanol–water partition coefficient (Wildman–Crippen LogP) is 2.44. The van der Waals surface area contributed by atoms with Crippen LogP contribution in [0.15, 0.2) is 42.5 Å². The van der Waals surface area contributed by atoms with Crippen molar-refractivity contribution in [3.8, 4) is 5.88 Å². The van der Waals surface area contributed by atoms with Crippen LogP contribution in [-0.4, -0.2) is 19.1 Å². The summed E-state index contributed by atoms with van der Waals surface area (Å²) < 4.78 is 5.11. The number of aromatic nitrogens is 1. The van der Waals surface area contributed by atoms with E-state index in [1.807, 2.05) is 48.3 Å². The number of nitrogen functional groups attached to an aromatic ring is 1. The lowest BCUT2D eigenvalue weighted by Crippen LogP contribution is -2.11. The Balaban J connectivity index is 2.34. The minimum Gasteiger partial charge on any atom is -0.479 e. The van der Waals surface area contributed by atoms with Crippen molar-refractivity contribution in [1.29, 1.82) is 0 Å². The highest BCUT2D eigenvalue weighted by molar-refractivity contribution is 5.62. The predicted molar refractivity (Wildman–Crippen MR) is 69.7 cm³/mol. The van der Waals surface area contributed by atoms with E-state index >= 15 is 0 Å². The lowest BCUT2D eigenvalue weighted by molar-refractivity contribution is 0.400. The van der Waals surface area contributed by atoms with Gasteiger partial charge in [-0.3, -0.25) is 0 Å². The molecule has 0 bridgehead atoms. The molecule has 0 fully saturated rings. The zero-order chi connectivity index (χ0) is 12.3. The normalized spacial score (nSPS) is 10.0. The second-order valence-corrected chi connectivity index (χ2v) is 3.66. The Labute approximate surface area is 101 Å². The molecule has 4 heteroatoms. The Morgan fingerprint density at radius 1 is 1.12 bits per heavy atom. The Morgan fingerprint density at radius 3 is 2.47 bits per heavy atom. The molecule has 0 amide bonds.